The lowest BCUT2D eigenvalue weighted by molar-refractivity contribution is 0.0953. The van der Waals surface area contributed by atoms with Gasteiger partial charge in [-0.25, -0.2) is 4.39 Å². The smallest absolute Gasteiger partial charge is 0.251 e. The predicted molar refractivity (Wildman–Crippen MR) is 74.6 cm³/mol. The van der Waals surface area contributed by atoms with Crippen molar-refractivity contribution in [3.05, 3.63) is 34.1 Å². The monoisotopic (exact) mass is 335 g/mol. The first-order valence-electron chi connectivity index (χ1n) is 5.47. The summed E-state index contributed by atoms with van der Waals surface area (Å²) in [6.45, 7) is 2.32. The molecule has 1 rings (SSSR count). The molecule has 0 fully saturated rings. The van der Waals surface area contributed by atoms with Gasteiger partial charge in [0.25, 0.3) is 5.91 Å². The quantitative estimate of drug-likeness (QED) is 0.898. The molecule has 1 amide bonds. The van der Waals surface area contributed by atoms with Crippen LogP contribution in [0.2, 0.25) is 0 Å². The Balaban J connectivity index is 2.50. The molecule has 0 aliphatic rings. The normalized spacial score (nSPS) is 14.0. The van der Waals surface area contributed by atoms with Gasteiger partial charge in [0.15, 0.2) is 0 Å². The van der Waals surface area contributed by atoms with Crippen molar-refractivity contribution in [2.75, 3.05) is 12.8 Å². The molecular formula is C12H15BrFNO2S. The van der Waals surface area contributed by atoms with Crippen LogP contribution in [0.1, 0.15) is 23.7 Å². The minimum atomic E-state index is -0.885. The number of hydrogen-bond acceptors (Lipinski definition) is 2. The van der Waals surface area contributed by atoms with Crippen molar-refractivity contribution in [1.82, 2.24) is 5.32 Å². The van der Waals surface area contributed by atoms with Crippen LogP contribution < -0.4 is 5.32 Å². The lowest BCUT2D eigenvalue weighted by Crippen LogP contribution is -2.27. The van der Waals surface area contributed by atoms with Gasteiger partial charge < -0.3 is 5.32 Å². The Hall–Kier alpha value is -0.750. The molecule has 0 saturated carbocycles. The van der Waals surface area contributed by atoms with E-state index in [1.807, 2.05) is 6.92 Å². The Morgan fingerprint density at radius 1 is 1.56 bits per heavy atom. The molecule has 1 N–H and O–H groups in total. The van der Waals surface area contributed by atoms with E-state index in [9.17, 15) is 13.4 Å². The van der Waals surface area contributed by atoms with E-state index in [0.29, 0.717) is 18.5 Å². The molecule has 0 aliphatic carbocycles. The second kappa shape index (κ2) is 6.99. The van der Waals surface area contributed by atoms with Gasteiger partial charge in [-0.05, 0) is 40.5 Å². The molecule has 0 spiro atoms. The van der Waals surface area contributed by atoms with Crippen LogP contribution in [0.25, 0.3) is 0 Å². The van der Waals surface area contributed by atoms with Crippen LogP contribution in [-0.2, 0) is 10.8 Å². The lowest BCUT2D eigenvalue weighted by atomic mass is 10.2. The van der Waals surface area contributed by atoms with Crippen LogP contribution in [0.15, 0.2) is 22.7 Å². The molecule has 3 nitrogen and oxygen atoms in total. The Morgan fingerprint density at radius 2 is 2.22 bits per heavy atom. The highest BCUT2D eigenvalue weighted by molar-refractivity contribution is 9.10. The van der Waals surface area contributed by atoms with Crippen molar-refractivity contribution in [2.24, 2.45) is 0 Å². The van der Waals surface area contributed by atoms with Crippen LogP contribution in [0.3, 0.4) is 0 Å². The molecule has 0 radical (unpaired) electrons. The minimum absolute atomic E-state index is 0.0465. The number of rotatable bonds is 5. The van der Waals surface area contributed by atoms with E-state index in [2.05, 4.69) is 21.2 Å². The summed E-state index contributed by atoms with van der Waals surface area (Å²) in [6, 6.07) is 4.10. The Bertz CT molecular complexity index is 467. The third kappa shape index (κ3) is 4.49. The molecular weight excluding hydrogens is 321 g/mol. The van der Waals surface area contributed by atoms with E-state index in [1.54, 1.807) is 6.26 Å². The Morgan fingerprint density at radius 3 is 2.78 bits per heavy atom. The van der Waals surface area contributed by atoms with Gasteiger partial charge in [-0.2, -0.15) is 0 Å². The maximum absolute atomic E-state index is 13.0. The SMILES string of the molecule is CC(CCNC(=O)c1ccc(F)c(Br)c1)S(C)=O. The van der Waals surface area contributed by atoms with E-state index in [1.165, 1.54) is 18.2 Å². The van der Waals surface area contributed by atoms with E-state index >= 15 is 0 Å². The zero-order chi connectivity index (χ0) is 13.7. The topological polar surface area (TPSA) is 46.2 Å². The molecule has 18 heavy (non-hydrogen) atoms. The fraction of sp³-hybridized carbons (Fsp3) is 0.417. The summed E-state index contributed by atoms with van der Waals surface area (Å²) < 4.78 is 24.4. The molecule has 0 heterocycles. The molecule has 1 aromatic carbocycles. The summed E-state index contributed by atoms with van der Waals surface area (Å²) in [5, 5.41) is 2.76. The molecule has 2 atom stereocenters. The van der Waals surface area contributed by atoms with E-state index in [-0.39, 0.29) is 15.6 Å². The van der Waals surface area contributed by atoms with Crippen molar-refractivity contribution in [3.8, 4) is 0 Å². The van der Waals surface area contributed by atoms with E-state index < -0.39 is 16.6 Å². The van der Waals surface area contributed by atoms with Crippen molar-refractivity contribution in [3.63, 3.8) is 0 Å². The molecule has 0 bridgehead atoms. The molecule has 6 heteroatoms. The minimum Gasteiger partial charge on any atom is -0.352 e. The second-order valence-corrected chi connectivity index (χ2v) is 6.64. The summed E-state index contributed by atoms with van der Waals surface area (Å²) in [5.74, 6) is -0.661. The number of hydrogen-bond donors (Lipinski definition) is 1. The summed E-state index contributed by atoms with van der Waals surface area (Å²) in [7, 11) is -0.885. The summed E-state index contributed by atoms with van der Waals surface area (Å²) >= 11 is 3.03. The van der Waals surface area contributed by atoms with Crippen LogP contribution in [-0.4, -0.2) is 28.2 Å². The van der Waals surface area contributed by atoms with Gasteiger partial charge in [-0.1, -0.05) is 6.92 Å². The first kappa shape index (κ1) is 15.3. The number of benzene rings is 1. The van der Waals surface area contributed by atoms with Crippen molar-refractivity contribution in [2.45, 2.75) is 18.6 Å². The first-order valence-corrected chi connectivity index (χ1v) is 7.88. The van der Waals surface area contributed by atoms with Crippen LogP contribution in [0.5, 0.6) is 0 Å². The molecule has 1 aromatic rings. The largest absolute Gasteiger partial charge is 0.352 e. The van der Waals surface area contributed by atoms with E-state index in [4.69, 9.17) is 0 Å². The van der Waals surface area contributed by atoms with Gasteiger partial charge in [0.05, 0.1) is 4.47 Å². The lowest BCUT2D eigenvalue weighted by Gasteiger charge is -2.09. The van der Waals surface area contributed by atoms with Gasteiger partial charge >= 0.3 is 0 Å². The third-order valence-corrected chi connectivity index (χ3v) is 4.56. The highest BCUT2D eigenvalue weighted by atomic mass is 79.9. The maximum Gasteiger partial charge on any atom is 0.251 e. The summed E-state index contributed by atoms with van der Waals surface area (Å²) in [4.78, 5) is 11.7. The summed E-state index contributed by atoms with van der Waals surface area (Å²) in [5.41, 5.74) is 0.397. The number of nitrogens with one attached hydrogen (secondary N) is 1. The molecule has 0 aromatic heterocycles. The zero-order valence-corrected chi connectivity index (χ0v) is 12.6. The maximum atomic E-state index is 13.0. The Labute approximate surface area is 117 Å². The fourth-order valence-corrected chi connectivity index (χ4v) is 2.12. The molecule has 0 aliphatic heterocycles. The highest BCUT2D eigenvalue weighted by Gasteiger charge is 2.10. The van der Waals surface area contributed by atoms with E-state index in [0.717, 1.165) is 0 Å². The predicted octanol–water partition coefficient (Wildman–Crippen LogP) is 2.48. The van der Waals surface area contributed by atoms with Crippen LogP contribution >= 0.6 is 15.9 Å². The van der Waals surface area contributed by atoms with Crippen LogP contribution in [0, 0.1) is 5.82 Å². The molecule has 100 valence electrons. The van der Waals surface area contributed by atoms with Gasteiger partial charge in [-0.3, -0.25) is 9.00 Å². The number of carbonyl (C=O) groups excluding carboxylic acids is 1. The number of amides is 1. The van der Waals surface area contributed by atoms with Crippen LogP contribution in [0.4, 0.5) is 4.39 Å². The van der Waals surface area contributed by atoms with Gasteiger partial charge in [0.1, 0.15) is 5.82 Å². The zero-order valence-electron chi connectivity index (χ0n) is 10.2. The van der Waals surface area contributed by atoms with Crippen molar-refractivity contribution < 1.29 is 13.4 Å². The number of carbonyl (C=O) groups is 1. The molecule has 0 saturated heterocycles. The summed E-state index contributed by atoms with van der Waals surface area (Å²) in [6.07, 6.45) is 2.29. The van der Waals surface area contributed by atoms with Crippen molar-refractivity contribution in [1.29, 1.82) is 0 Å². The highest BCUT2D eigenvalue weighted by Crippen LogP contribution is 2.16. The third-order valence-electron chi connectivity index (χ3n) is 2.58. The average molecular weight is 336 g/mol. The average Bonchev–Trinajstić information content (AvgIpc) is 2.32. The number of halogens is 2. The Kier molecular flexibility index (Phi) is 5.95. The molecule has 2 unspecified atom stereocenters. The van der Waals surface area contributed by atoms with Crippen molar-refractivity contribution >= 4 is 32.6 Å². The fourth-order valence-electron chi connectivity index (χ4n) is 1.29. The van der Waals surface area contributed by atoms with Gasteiger partial charge in [0.2, 0.25) is 0 Å². The second-order valence-electron chi connectivity index (χ2n) is 3.98. The standard InChI is InChI=1S/C12H15BrFNO2S/c1-8(18(2)17)5-6-15-12(16)9-3-4-11(14)10(13)7-9/h3-4,7-8H,5-6H2,1-2H3,(H,15,16). The van der Waals surface area contributed by atoms with Gasteiger partial charge in [-0.15, -0.1) is 0 Å². The first-order chi connectivity index (χ1) is 8.41. The van der Waals surface area contributed by atoms with Gasteiger partial charge in [0, 0.05) is 34.4 Å².